The van der Waals surface area contributed by atoms with Crippen molar-refractivity contribution in [2.75, 3.05) is 19.0 Å². The molecule has 1 aromatic heterocycles. The number of rotatable bonds is 6. The molecule has 31 heavy (non-hydrogen) atoms. The highest BCUT2D eigenvalue weighted by molar-refractivity contribution is 5.98. The number of alkyl carbamates (subject to hydrolysis) is 1. The Bertz CT molecular complexity index is 915. The monoisotopic (exact) mass is 424 g/mol. The predicted octanol–water partition coefficient (Wildman–Crippen LogP) is 3.06. The summed E-state index contributed by atoms with van der Waals surface area (Å²) in [7, 11) is 1.25. The van der Waals surface area contributed by atoms with Crippen molar-refractivity contribution in [3.8, 4) is 11.1 Å². The molecule has 1 aliphatic heterocycles. The zero-order chi connectivity index (χ0) is 22.4. The second kappa shape index (κ2) is 10.1. The number of methoxy groups -OCH3 is 1. The van der Waals surface area contributed by atoms with E-state index in [9.17, 15) is 14.4 Å². The van der Waals surface area contributed by atoms with Crippen molar-refractivity contribution in [1.29, 1.82) is 0 Å². The van der Waals surface area contributed by atoms with Crippen molar-refractivity contribution < 1.29 is 19.1 Å². The van der Waals surface area contributed by atoms with E-state index < -0.39 is 18.2 Å². The number of benzene rings is 1. The number of hydrogen-bond donors (Lipinski definition) is 2. The first-order chi connectivity index (χ1) is 14.9. The zero-order valence-corrected chi connectivity index (χ0v) is 18.0. The van der Waals surface area contributed by atoms with Gasteiger partial charge in [-0.2, -0.15) is 0 Å². The van der Waals surface area contributed by atoms with Crippen LogP contribution in [0.25, 0.3) is 11.1 Å². The molecule has 3 amide bonds. The molecule has 1 saturated heterocycles. The molecule has 3 rings (SSSR count). The number of pyridine rings is 1. The van der Waals surface area contributed by atoms with Gasteiger partial charge in [0.2, 0.25) is 11.8 Å². The first kappa shape index (κ1) is 22.3. The summed E-state index contributed by atoms with van der Waals surface area (Å²) in [5.41, 5.74) is 1.99. The van der Waals surface area contributed by atoms with Crippen LogP contribution in [-0.2, 0) is 14.3 Å². The average molecular weight is 425 g/mol. The van der Waals surface area contributed by atoms with Crippen LogP contribution in [0.5, 0.6) is 0 Å². The molecule has 1 aliphatic rings. The normalized spacial score (nSPS) is 16.6. The van der Waals surface area contributed by atoms with Crippen LogP contribution in [0, 0.1) is 5.92 Å². The van der Waals surface area contributed by atoms with E-state index in [4.69, 9.17) is 0 Å². The molecule has 2 heterocycles. The van der Waals surface area contributed by atoms with E-state index in [1.165, 1.54) is 12.0 Å². The van der Waals surface area contributed by atoms with Crippen molar-refractivity contribution in [3.63, 3.8) is 0 Å². The van der Waals surface area contributed by atoms with E-state index in [-0.39, 0.29) is 17.7 Å². The molecule has 1 fully saturated rings. The van der Waals surface area contributed by atoms with Crippen molar-refractivity contribution in [1.82, 2.24) is 15.2 Å². The summed E-state index contributed by atoms with van der Waals surface area (Å²) in [6.45, 7) is 4.13. The summed E-state index contributed by atoms with van der Waals surface area (Å²) in [4.78, 5) is 43.5. The summed E-state index contributed by atoms with van der Waals surface area (Å²) in [5.74, 6) is -0.294. The lowest BCUT2D eigenvalue weighted by Gasteiger charge is -2.30. The van der Waals surface area contributed by atoms with Crippen LogP contribution in [0.1, 0.15) is 26.7 Å². The van der Waals surface area contributed by atoms with Gasteiger partial charge in [0.25, 0.3) is 0 Å². The minimum Gasteiger partial charge on any atom is -0.453 e. The van der Waals surface area contributed by atoms with Gasteiger partial charge in [-0.3, -0.25) is 9.59 Å². The van der Waals surface area contributed by atoms with Crippen molar-refractivity contribution >= 4 is 23.7 Å². The zero-order valence-electron chi connectivity index (χ0n) is 18.0. The predicted molar refractivity (Wildman–Crippen MR) is 117 cm³/mol. The first-order valence-electron chi connectivity index (χ1n) is 10.4. The Kier molecular flexibility index (Phi) is 7.23. The van der Waals surface area contributed by atoms with Gasteiger partial charge in [0.15, 0.2) is 0 Å². The number of carbonyl (C=O) groups is 3. The SMILES string of the molecule is COC(=O)NC(C(=O)N1CCCC1C(=O)Nc1ccc(-c2ccccc2)cn1)C(C)C. The molecule has 2 atom stereocenters. The summed E-state index contributed by atoms with van der Waals surface area (Å²) in [6.07, 6.45) is 2.31. The quantitative estimate of drug-likeness (QED) is 0.742. The number of likely N-dealkylation sites (tertiary alicyclic amines) is 1. The molecule has 164 valence electrons. The van der Waals surface area contributed by atoms with Crippen molar-refractivity contribution in [3.05, 3.63) is 48.7 Å². The highest BCUT2D eigenvalue weighted by Crippen LogP contribution is 2.23. The Morgan fingerprint density at radius 2 is 1.84 bits per heavy atom. The third kappa shape index (κ3) is 5.39. The van der Waals surface area contributed by atoms with Gasteiger partial charge in [-0.15, -0.1) is 0 Å². The van der Waals surface area contributed by atoms with Crippen LogP contribution in [0.3, 0.4) is 0 Å². The number of amides is 3. The van der Waals surface area contributed by atoms with E-state index in [2.05, 4.69) is 20.4 Å². The Morgan fingerprint density at radius 3 is 2.45 bits per heavy atom. The van der Waals surface area contributed by atoms with E-state index in [1.807, 2.05) is 50.2 Å². The summed E-state index contributed by atoms with van der Waals surface area (Å²) >= 11 is 0. The van der Waals surface area contributed by atoms with E-state index in [1.54, 1.807) is 12.3 Å². The van der Waals surface area contributed by atoms with Crippen LogP contribution >= 0.6 is 0 Å². The first-order valence-corrected chi connectivity index (χ1v) is 10.4. The van der Waals surface area contributed by atoms with Crippen LogP contribution < -0.4 is 10.6 Å². The topological polar surface area (TPSA) is 101 Å². The molecular weight excluding hydrogens is 396 g/mol. The standard InChI is InChI=1S/C23H28N4O4/c1-15(2)20(26-23(30)31-3)22(29)27-13-7-10-18(27)21(28)25-19-12-11-17(14-24-19)16-8-5-4-6-9-16/h4-6,8-9,11-12,14-15,18,20H,7,10,13H2,1-3H3,(H,26,30)(H,24,25,28). The fourth-order valence-electron chi connectivity index (χ4n) is 3.66. The molecule has 2 N–H and O–H groups in total. The lowest BCUT2D eigenvalue weighted by molar-refractivity contribution is -0.139. The van der Waals surface area contributed by atoms with Gasteiger partial charge in [-0.25, -0.2) is 9.78 Å². The Morgan fingerprint density at radius 1 is 1.10 bits per heavy atom. The molecule has 0 radical (unpaired) electrons. The highest BCUT2D eigenvalue weighted by atomic mass is 16.5. The number of anilines is 1. The van der Waals surface area contributed by atoms with Gasteiger partial charge in [-0.1, -0.05) is 44.2 Å². The molecule has 8 heteroatoms. The molecular formula is C23H28N4O4. The molecule has 0 spiro atoms. The maximum atomic E-state index is 13.1. The van der Waals surface area contributed by atoms with E-state index in [0.717, 1.165) is 11.1 Å². The Hall–Kier alpha value is -3.42. The minimum absolute atomic E-state index is 0.150. The van der Waals surface area contributed by atoms with E-state index >= 15 is 0 Å². The van der Waals surface area contributed by atoms with Crippen LogP contribution in [0.2, 0.25) is 0 Å². The number of nitrogens with one attached hydrogen (secondary N) is 2. The average Bonchev–Trinajstić information content (AvgIpc) is 3.28. The molecule has 8 nitrogen and oxygen atoms in total. The number of ether oxygens (including phenoxy) is 1. The molecule has 0 bridgehead atoms. The van der Waals surface area contributed by atoms with Gasteiger partial charge in [0.05, 0.1) is 7.11 Å². The van der Waals surface area contributed by atoms with Gasteiger partial charge in [-0.05, 0) is 36.5 Å². The van der Waals surface area contributed by atoms with Gasteiger partial charge in [0, 0.05) is 18.3 Å². The molecule has 0 aliphatic carbocycles. The summed E-state index contributed by atoms with van der Waals surface area (Å²) in [5, 5.41) is 5.39. The van der Waals surface area contributed by atoms with Gasteiger partial charge < -0.3 is 20.3 Å². The fraction of sp³-hybridized carbons (Fsp3) is 0.391. The molecule has 1 aromatic carbocycles. The number of nitrogens with zero attached hydrogens (tertiary/aromatic N) is 2. The minimum atomic E-state index is -0.760. The molecule has 0 saturated carbocycles. The third-order valence-corrected chi connectivity index (χ3v) is 5.35. The summed E-state index contributed by atoms with van der Waals surface area (Å²) in [6, 6.07) is 12.1. The van der Waals surface area contributed by atoms with Crippen LogP contribution in [0.15, 0.2) is 48.7 Å². The number of hydrogen-bond acceptors (Lipinski definition) is 5. The van der Waals surface area contributed by atoms with Gasteiger partial charge >= 0.3 is 6.09 Å². The fourth-order valence-corrected chi connectivity index (χ4v) is 3.66. The van der Waals surface area contributed by atoms with E-state index in [0.29, 0.717) is 25.2 Å². The maximum absolute atomic E-state index is 13.1. The second-order valence-corrected chi connectivity index (χ2v) is 7.83. The van der Waals surface area contributed by atoms with Gasteiger partial charge in [0.1, 0.15) is 17.9 Å². The van der Waals surface area contributed by atoms with Crippen molar-refractivity contribution in [2.45, 2.75) is 38.8 Å². The number of aromatic nitrogens is 1. The Balaban J connectivity index is 1.68. The Labute approximate surface area is 182 Å². The lowest BCUT2D eigenvalue weighted by atomic mass is 10.0. The summed E-state index contributed by atoms with van der Waals surface area (Å²) < 4.78 is 4.63. The smallest absolute Gasteiger partial charge is 0.407 e. The third-order valence-electron chi connectivity index (χ3n) is 5.35. The maximum Gasteiger partial charge on any atom is 0.407 e. The molecule has 2 aromatic rings. The lowest BCUT2D eigenvalue weighted by Crippen LogP contribution is -2.54. The largest absolute Gasteiger partial charge is 0.453 e. The van der Waals surface area contributed by atoms with Crippen molar-refractivity contribution in [2.24, 2.45) is 5.92 Å². The second-order valence-electron chi connectivity index (χ2n) is 7.83. The molecule has 2 unspecified atom stereocenters. The highest BCUT2D eigenvalue weighted by Gasteiger charge is 2.38. The number of carbonyl (C=O) groups excluding carboxylic acids is 3. The van der Waals surface area contributed by atoms with Crippen LogP contribution in [-0.4, -0.2) is 53.5 Å². The van der Waals surface area contributed by atoms with Crippen LogP contribution in [0.4, 0.5) is 10.6 Å².